The molecule has 3 aromatic carbocycles. The molecule has 0 radical (unpaired) electrons. The van der Waals surface area contributed by atoms with Crippen LogP contribution in [0.3, 0.4) is 0 Å². The van der Waals surface area contributed by atoms with Crippen LogP contribution in [0, 0.1) is 10.1 Å². The van der Waals surface area contributed by atoms with Crippen LogP contribution < -0.4 is 10.6 Å². The number of thiazole rings is 1. The summed E-state index contributed by atoms with van der Waals surface area (Å²) in [7, 11) is 0. The molecule has 8 nitrogen and oxygen atoms in total. The fourth-order valence-corrected chi connectivity index (χ4v) is 6.16. The number of thioether (sulfide) groups is 1. The molecule has 2 aromatic heterocycles. The molecule has 0 saturated carbocycles. The van der Waals surface area contributed by atoms with Crippen molar-refractivity contribution in [2.45, 2.75) is 10.1 Å². The minimum Gasteiger partial charge on any atom is -0.322 e. The van der Waals surface area contributed by atoms with Crippen LogP contribution in [0.1, 0.15) is 21.2 Å². The Balaban J connectivity index is 1.29. The van der Waals surface area contributed by atoms with E-state index in [4.69, 9.17) is 0 Å². The highest BCUT2D eigenvalue weighted by Crippen LogP contribution is 2.37. The Morgan fingerprint density at radius 1 is 0.897 bits per heavy atom. The van der Waals surface area contributed by atoms with E-state index in [0.717, 1.165) is 21.0 Å². The lowest BCUT2D eigenvalue weighted by Crippen LogP contribution is -2.19. The zero-order valence-electron chi connectivity index (χ0n) is 20.1. The molecule has 2 N–H and O–H groups in total. The van der Waals surface area contributed by atoms with Crippen LogP contribution in [0.4, 0.5) is 16.5 Å². The van der Waals surface area contributed by atoms with Gasteiger partial charge in [-0.3, -0.25) is 19.7 Å². The van der Waals surface area contributed by atoms with Gasteiger partial charge in [0.15, 0.2) is 5.13 Å². The van der Waals surface area contributed by atoms with Crippen molar-refractivity contribution in [1.29, 1.82) is 0 Å². The number of nitro groups is 1. The first-order valence-electron chi connectivity index (χ1n) is 11.6. The number of carbonyl (C=O) groups is 2. The average Bonchev–Trinajstić information content (AvgIpc) is 3.66. The Morgan fingerprint density at radius 3 is 2.41 bits per heavy atom. The molecule has 0 aliphatic rings. The standard InChI is InChI=1S/C28H20N4O4S3/c33-26(19-8-4-9-21(16-19)32(35)36)29-20-11-13-22(14-12-20)39-25(18-6-2-1-3-7-18)27(34)31-28-30-23(17-38-28)24-10-5-15-37-24/h1-17,25H,(H,29,33)(H,30,31,34). The van der Waals surface area contributed by atoms with E-state index in [9.17, 15) is 19.7 Å². The third-order valence-corrected chi connectivity index (χ3v) is 8.45. The van der Waals surface area contributed by atoms with E-state index in [-0.39, 0.29) is 17.2 Å². The normalized spacial score (nSPS) is 11.5. The second-order valence-corrected chi connectivity index (χ2v) is 11.2. The first-order valence-corrected chi connectivity index (χ1v) is 14.3. The van der Waals surface area contributed by atoms with Crippen molar-refractivity contribution in [1.82, 2.24) is 4.98 Å². The maximum atomic E-state index is 13.4. The Hall–Kier alpha value is -4.32. The molecule has 0 saturated heterocycles. The smallest absolute Gasteiger partial charge is 0.270 e. The number of nitrogens with one attached hydrogen (secondary N) is 2. The number of amides is 2. The molecule has 0 fully saturated rings. The van der Waals surface area contributed by atoms with E-state index in [1.54, 1.807) is 23.5 Å². The molecular formula is C28H20N4O4S3. The number of rotatable bonds is 9. The molecule has 1 atom stereocenters. The van der Waals surface area contributed by atoms with Crippen molar-refractivity contribution >= 4 is 62.8 Å². The van der Waals surface area contributed by atoms with E-state index in [1.165, 1.54) is 47.4 Å². The fraction of sp³-hybridized carbons (Fsp3) is 0.0357. The average molecular weight is 573 g/mol. The number of aromatic nitrogens is 1. The summed E-state index contributed by atoms with van der Waals surface area (Å²) in [5.74, 6) is -0.646. The van der Waals surface area contributed by atoms with Crippen molar-refractivity contribution in [3.05, 3.63) is 123 Å². The lowest BCUT2D eigenvalue weighted by atomic mass is 10.1. The van der Waals surface area contributed by atoms with Gasteiger partial charge in [-0.15, -0.1) is 34.4 Å². The number of hydrogen-bond donors (Lipinski definition) is 2. The molecule has 11 heteroatoms. The minimum absolute atomic E-state index is 0.153. The van der Waals surface area contributed by atoms with Crippen LogP contribution in [0.2, 0.25) is 0 Å². The van der Waals surface area contributed by atoms with Gasteiger partial charge >= 0.3 is 0 Å². The number of nitro benzene ring substituents is 1. The summed E-state index contributed by atoms with van der Waals surface area (Å²) >= 11 is 4.35. The minimum atomic E-state index is -0.542. The Bertz CT molecular complexity index is 1600. The number of nitrogens with zero attached hydrogens (tertiary/aromatic N) is 2. The summed E-state index contributed by atoms with van der Waals surface area (Å²) in [6, 6.07) is 26.1. The molecule has 2 amide bonds. The van der Waals surface area contributed by atoms with Crippen LogP contribution in [0.5, 0.6) is 0 Å². The van der Waals surface area contributed by atoms with E-state index < -0.39 is 16.1 Å². The van der Waals surface area contributed by atoms with E-state index in [0.29, 0.717) is 10.8 Å². The van der Waals surface area contributed by atoms with E-state index in [1.807, 2.05) is 65.4 Å². The zero-order chi connectivity index (χ0) is 27.2. The van der Waals surface area contributed by atoms with Gasteiger partial charge in [0.05, 0.1) is 15.5 Å². The van der Waals surface area contributed by atoms with Gasteiger partial charge in [-0.05, 0) is 47.3 Å². The highest BCUT2D eigenvalue weighted by molar-refractivity contribution is 8.00. The summed E-state index contributed by atoms with van der Waals surface area (Å²) in [5.41, 5.74) is 2.24. The summed E-state index contributed by atoms with van der Waals surface area (Å²) in [4.78, 5) is 42.9. The largest absolute Gasteiger partial charge is 0.322 e. The summed E-state index contributed by atoms with van der Waals surface area (Å²) in [6.45, 7) is 0. The molecule has 0 spiro atoms. The summed E-state index contributed by atoms with van der Waals surface area (Å²) < 4.78 is 0. The Kier molecular flexibility index (Phi) is 8.11. The van der Waals surface area contributed by atoms with Gasteiger partial charge in [0.25, 0.3) is 11.6 Å². The first-order chi connectivity index (χ1) is 19.0. The molecule has 0 aliphatic heterocycles. The van der Waals surface area contributed by atoms with Crippen molar-refractivity contribution in [2.24, 2.45) is 0 Å². The third kappa shape index (κ3) is 6.58. The molecule has 5 aromatic rings. The number of thiophene rings is 1. The Labute approximate surface area is 235 Å². The monoisotopic (exact) mass is 572 g/mol. The van der Waals surface area contributed by atoms with Crippen LogP contribution in [0.15, 0.2) is 107 Å². The predicted molar refractivity (Wildman–Crippen MR) is 157 cm³/mol. The summed E-state index contributed by atoms with van der Waals surface area (Å²) in [6.07, 6.45) is 0. The lowest BCUT2D eigenvalue weighted by Gasteiger charge is -2.16. The third-order valence-electron chi connectivity index (χ3n) is 5.53. The van der Waals surface area contributed by atoms with Crippen molar-refractivity contribution < 1.29 is 14.5 Å². The molecule has 39 heavy (non-hydrogen) atoms. The van der Waals surface area contributed by atoms with Crippen LogP contribution >= 0.6 is 34.4 Å². The highest BCUT2D eigenvalue weighted by Gasteiger charge is 2.23. The van der Waals surface area contributed by atoms with Gasteiger partial charge < -0.3 is 10.6 Å². The van der Waals surface area contributed by atoms with Gasteiger partial charge in [-0.25, -0.2) is 4.98 Å². The van der Waals surface area contributed by atoms with Crippen LogP contribution in [-0.4, -0.2) is 21.7 Å². The SMILES string of the molecule is O=C(Nc1ccc(SC(C(=O)Nc2nc(-c3cccs3)cs2)c2ccccc2)cc1)c1cccc([N+](=O)[O-])c1. The zero-order valence-corrected chi connectivity index (χ0v) is 22.6. The maximum absolute atomic E-state index is 13.4. The summed E-state index contributed by atoms with van der Waals surface area (Å²) in [5, 5.41) is 20.6. The second kappa shape index (κ2) is 12.0. The van der Waals surface area contributed by atoms with Crippen LogP contribution in [-0.2, 0) is 4.79 Å². The lowest BCUT2D eigenvalue weighted by molar-refractivity contribution is -0.384. The number of hydrogen-bond acceptors (Lipinski definition) is 8. The van der Waals surface area contributed by atoms with E-state index in [2.05, 4.69) is 15.6 Å². The van der Waals surface area contributed by atoms with Gasteiger partial charge in [-0.1, -0.05) is 42.5 Å². The number of anilines is 2. The molecular weight excluding hydrogens is 553 g/mol. The first kappa shape index (κ1) is 26.3. The second-order valence-electron chi connectivity index (χ2n) is 8.20. The van der Waals surface area contributed by atoms with Crippen molar-refractivity contribution in [3.8, 4) is 10.6 Å². The highest BCUT2D eigenvalue weighted by atomic mass is 32.2. The van der Waals surface area contributed by atoms with Crippen LogP contribution in [0.25, 0.3) is 10.6 Å². The molecule has 0 aliphatic carbocycles. The van der Waals surface area contributed by atoms with Gasteiger partial charge in [0, 0.05) is 33.7 Å². The molecule has 194 valence electrons. The van der Waals surface area contributed by atoms with E-state index >= 15 is 0 Å². The molecule has 1 unspecified atom stereocenters. The van der Waals surface area contributed by atoms with Gasteiger partial charge in [0.2, 0.25) is 5.91 Å². The molecule has 0 bridgehead atoms. The quantitative estimate of drug-likeness (QED) is 0.107. The molecule has 2 heterocycles. The topological polar surface area (TPSA) is 114 Å². The van der Waals surface area contributed by atoms with Gasteiger partial charge in [-0.2, -0.15) is 0 Å². The number of carbonyl (C=O) groups excluding carboxylic acids is 2. The number of non-ortho nitro benzene ring substituents is 1. The van der Waals surface area contributed by atoms with Crippen molar-refractivity contribution in [2.75, 3.05) is 10.6 Å². The maximum Gasteiger partial charge on any atom is 0.270 e. The van der Waals surface area contributed by atoms with Crippen molar-refractivity contribution in [3.63, 3.8) is 0 Å². The number of benzene rings is 3. The predicted octanol–water partition coefficient (Wildman–Crippen LogP) is 7.50. The fourth-order valence-electron chi connectivity index (χ4n) is 3.66. The van der Waals surface area contributed by atoms with Gasteiger partial charge in [0.1, 0.15) is 5.25 Å². The Morgan fingerprint density at radius 2 is 1.69 bits per heavy atom. The molecule has 5 rings (SSSR count).